The Morgan fingerprint density at radius 3 is 2.22 bits per heavy atom. The Morgan fingerprint density at radius 1 is 1.09 bits per heavy atom. The third-order valence-corrected chi connectivity index (χ3v) is 2.98. The average Bonchev–Trinajstić information content (AvgIpc) is 2.54. The maximum atomic E-state index is 11.7. The van der Waals surface area contributed by atoms with E-state index in [4.69, 9.17) is 29.5 Å². The number of aliphatic hydroxyl groups is 4. The van der Waals surface area contributed by atoms with Crippen LogP contribution in [0.25, 0.3) is 0 Å². The van der Waals surface area contributed by atoms with E-state index in [9.17, 15) is 9.90 Å². The first kappa shape index (κ1) is 22.2. The quantitative estimate of drug-likeness (QED) is 0.258. The molecule has 0 heterocycles. The van der Waals surface area contributed by atoms with Crippen molar-refractivity contribution in [2.75, 3.05) is 59.8 Å². The van der Waals surface area contributed by atoms with Crippen LogP contribution in [0.2, 0.25) is 0 Å². The maximum absolute atomic E-state index is 11.7. The molecule has 0 fully saturated rings. The number of hydrogen-bond donors (Lipinski definition) is 4. The zero-order chi connectivity index (χ0) is 17.7. The summed E-state index contributed by atoms with van der Waals surface area (Å²) in [5, 5.41) is 35.9. The van der Waals surface area contributed by atoms with Gasteiger partial charge in [-0.05, 0) is 0 Å². The molecule has 4 N–H and O–H groups in total. The number of carbonyl (C=O) groups is 1. The number of rotatable bonds is 14. The minimum absolute atomic E-state index is 0.0110. The highest BCUT2D eigenvalue weighted by Crippen LogP contribution is 2.01. The van der Waals surface area contributed by atoms with E-state index in [0.717, 1.165) is 0 Å². The third kappa shape index (κ3) is 11.4. The van der Waals surface area contributed by atoms with Crippen molar-refractivity contribution in [2.24, 2.45) is 0 Å². The lowest BCUT2D eigenvalue weighted by atomic mass is 10.3. The molecule has 9 nitrogen and oxygen atoms in total. The zero-order valence-electron chi connectivity index (χ0n) is 13.8. The molecule has 3 atom stereocenters. The van der Waals surface area contributed by atoms with Gasteiger partial charge in [0.2, 0.25) is 5.91 Å². The third-order valence-electron chi connectivity index (χ3n) is 2.98. The monoisotopic (exact) mass is 339 g/mol. The van der Waals surface area contributed by atoms with E-state index >= 15 is 0 Å². The molecule has 0 aliphatic heterocycles. The van der Waals surface area contributed by atoms with Gasteiger partial charge >= 0.3 is 0 Å². The van der Waals surface area contributed by atoms with Gasteiger partial charge in [0.05, 0.1) is 45.7 Å². The molecule has 0 aromatic heterocycles. The van der Waals surface area contributed by atoms with Gasteiger partial charge in [-0.25, -0.2) is 0 Å². The number of aliphatic hydroxyl groups excluding tert-OH is 4. The molecule has 0 spiro atoms. The van der Waals surface area contributed by atoms with Crippen molar-refractivity contribution >= 4 is 5.91 Å². The molecule has 3 unspecified atom stereocenters. The van der Waals surface area contributed by atoms with Gasteiger partial charge in [0, 0.05) is 27.1 Å². The van der Waals surface area contributed by atoms with Crippen molar-refractivity contribution in [3.63, 3.8) is 0 Å². The van der Waals surface area contributed by atoms with Crippen LogP contribution in [0.1, 0.15) is 6.92 Å². The summed E-state index contributed by atoms with van der Waals surface area (Å²) in [4.78, 5) is 13.2. The van der Waals surface area contributed by atoms with Crippen LogP contribution >= 0.6 is 0 Å². The second-order valence-electron chi connectivity index (χ2n) is 5.12. The Balaban J connectivity index is 4.29. The van der Waals surface area contributed by atoms with Crippen LogP contribution in [0, 0.1) is 0 Å². The maximum Gasteiger partial charge on any atom is 0.219 e. The van der Waals surface area contributed by atoms with E-state index in [-0.39, 0.29) is 45.5 Å². The van der Waals surface area contributed by atoms with Gasteiger partial charge in [-0.1, -0.05) is 0 Å². The first-order chi connectivity index (χ1) is 10.9. The Labute approximate surface area is 136 Å². The van der Waals surface area contributed by atoms with E-state index in [0.29, 0.717) is 6.54 Å². The van der Waals surface area contributed by atoms with Crippen LogP contribution in [-0.4, -0.2) is 109 Å². The molecule has 0 saturated heterocycles. The molecule has 0 radical (unpaired) electrons. The van der Waals surface area contributed by atoms with Crippen molar-refractivity contribution in [1.82, 2.24) is 4.90 Å². The van der Waals surface area contributed by atoms with Crippen LogP contribution in [0.3, 0.4) is 0 Å². The lowest BCUT2D eigenvalue weighted by Crippen LogP contribution is -2.42. The van der Waals surface area contributed by atoms with Crippen molar-refractivity contribution in [2.45, 2.75) is 25.2 Å². The second-order valence-corrected chi connectivity index (χ2v) is 5.12. The topological polar surface area (TPSA) is 129 Å². The lowest BCUT2D eigenvalue weighted by Gasteiger charge is -2.27. The van der Waals surface area contributed by atoms with Crippen molar-refractivity contribution < 1.29 is 39.4 Å². The minimum Gasteiger partial charge on any atom is -0.394 e. The number of ether oxygens (including phenoxy) is 3. The Hall–Kier alpha value is -0.810. The van der Waals surface area contributed by atoms with Crippen molar-refractivity contribution in [3.05, 3.63) is 0 Å². The predicted octanol–water partition coefficient (Wildman–Crippen LogP) is -2.41. The molecule has 0 rings (SSSR count). The highest BCUT2D eigenvalue weighted by Gasteiger charge is 2.18. The zero-order valence-corrected chi connectivity index (χ0v) is 13.8. The molecular weight excluding hydrogens is 310 g/mol. The number of amides is 1. The molecule has 0 saturated carbocycles. The molecule has 0 aliphatic rings. The van der Waals surface area contributed by atoms with Gasteiger partial charge in [-0.3, -0.25) is 4.79 Å². The van der Waals surface area contributed by atoms with Crippen molar-refractivity contribution in [1.29, 1.82) is 0 Å². The average molecular weight is 339 g/mol. The molecule has 0 aromatic carbocycles. The first-order valence-corrected chi connectivity index (χ1v) is 7.46. The fourth-order valence-corrected chi connectivity index (χ4v) is 1.71. The van der Waals surface area contributed by atoms with E-state index in [2.05, 4.69) is 0 Å². The van der Waals surface area contributed by atoms with Gasteiger partial charge in [0.15, 0.2) is 0 Å². The second kappa shape index (κ2) is 13.6. The number of hydrogen-bond acceptors (Lipinski definition) is 8. The number of carbonyl (C=O) groups excluding carboxylic acids is 1. The molecule has 0 bridgehead atoms. The summed E-state index contributed by atoms with van der Waals surface area (Å²) < 4.78 is 15.6. The van der Waals surface area contributed by atoms with Gasteiger partial charge in [0.1, 0.15) is 12.2 Å². The fraction of sp³-hybridized carbons (Fsp3) is 0.929. The molecule has 0 aliphatic carbocycles. The van der Waals surface area contributed by atoms with E-state index < -0.39 is 24.9 Å². The van der Waals surface area contributed by atoms with E-state index in [1.54, 1.807) is 0 Å². The summed E-state index contributed by atoms with van der Waals surface area (Å²) in [6.45, 7) is 1.52. The minimum atomic E-state index is -0.983. The Kier molecular flexibility index (Phi) is 13.1. The fourth-order valence-electron chi connectivity index (χ4n) is 1.71. The molecule has 23 heavy (non-hydrogen) atoms. The van der Waals surface area contributed by atoms with Gasteiger partial charge < -0.3 is 39.5 Å². The lowest BCUT2D eigenvalue weighted by molar-refractivity contribution is -0.133. The van der Waals surface area contributed by atoms with E-state index in [1.165, 1.54) is 18.9 Å². The number of methoxy groups -OCH3 is 1. The smallest absolute Gasteiger partial charge is 0.219 e. The molecular formula is C14H29NO8. The number of nitrogens with zero attached hydrogens (tertiary/aromatic N) is 1. The highest BCUT2D eigenvalue weighted by atomic mass is 16.5. The van der Waals surface area contributed by atoms with Crippen LogP contribution in [-0.2, 0) is 19.0 Å². The van der Waals surface area contributed by atoms with Crippen LogP contribution in [0.5, 0.6) is 0 Å². The van der Waals surface area contributed by atoms with Crippen LogP contribution < -0.4 is 0 Å². The standard InChI is InChI=1S/C14H29NO8/c1-11(18)15(3-4-22-8-12(19)6-16)5-14(10-21-2)23-9-13(20)7-17/h12-14,16-17,19-20H,3-10H2,1-2H3. The summed E-state index contributed by atoms with van der Waals surface area (Å²) in [6.07, 6.45) is -2.37. The summed E-state index contributed by atoms with van der Waals surface area (Å²) in [5.74, 6) is -0.177. The van der Waals surface area contributed by atoms with Gasteiger partial charge in [-0.2, -0.15) is 0 Å². The summed E-state index contributed by atoms with van der Waals surface area (Å²) in [6, 6.07) is 0. The Bertz CT molecular complexity index is 305. The van der Waals surface area contributed by atoms with Crippen LogP contribution in [0.15, 0.2) is 0 Å². The SMILES string of the molecule is COCC(CN(CCOCC(O)CO)C(C)=O)OCC(O)CO. The molecule has 9 heteroatoms. The molecule has 138 valence electrons. The Morgan fingerprint density at radius 2 is 1.70 bits per heavy atom. The molecule has 0 aromatic rings. The molecule has 1 amide bonds. The normalized spacial score (nSPS) is 15.2. The largest absolute Gasteiger partial charge is 0.394 e. The first-order valence-electron chi connectivity index (χ1n) is 7.46. The summed E-state index contributed by atoms with van der Waals surface area (Å²) in [7, 11) is 1.50. The van der Waals surface area contributed by atoms with E-state index in [1.807, 2.05) is 0 Å². The van der Waals surface area contributed by atoms with Gasteiger partial charge in [0.25, 0.3) is 0 Å². The summed E-state index contributed by atoms with van der Waals surface area (Å²) in [5.41, 5.74) is 0. The predicted molar refractivity (Wildman–Crippen MR) is 80.9 cm³/mol. The summed E-state index contributed by atoms with van der Waals surface area (Å²) >= 11 is 0. The van der Waals surface area contributed by atoms with Crippen LogP contribution in [0.4, 0.5) is 0 Å². The highest BCUT2D eigenvalue weighted by molar-refractivity contribution is 5.73. The van der Waals surface area contributed by atoms with Crippen molar-refractivity contribution in [3.8, 4) is 0 Å². The van der Waals surface area contributed by atoms with Gasteiger partial charge in [-0.15, -0.1) is 0 Å².